The van der Waals surface area contributed by atoms with Crippen molar-refractivity contribution >= 4 is 8.80 Å². The lowest BCUT2D eigenvalue weighted by Crippen LogP contribution is -2.17. The van der Waals surface area contributed by atoms with Crippen LogP contribution in [0.3, 0.4) is 0 Å². The van der Waals surface area contributed by atoms with Gasteiger partial charge in [0.05, 0.1) is 8.80 Å². The van der Waals surface area contributed by atoms with Crippen LogP contribution in [-0.2, 0) is 0 Å². The highest BCUT2D eigenvalue weighted by atomic mass is 28.3. The number of rotatable bonds is 1. The van der Waals surface area contributed by atoms with E-state index in [0.717, 1.165) is 5.92 Å². The Morgan fingerprint density at radius 2 is 1.83 bits per heavy atom. The fourth-order valence-corrected chi connectivity index (χ4v) is 4.25. The average molecular weight is 182 g/mol. The first-order valence-electron chi connectivity index (χ1n) is 5.07. The van der Waals surface area contributed by atoms with Crippen molar-refractivity contribution in [2.75, 3.05) is 0 Å². The van der Waals surface area contributed by atoms with Gasteiger partial charge in [0.2, 0.25) is 0 Å². The summed E-state index contributed by atoms with van der Waals surface area (Å²) in [5.74, 6) is 0.863. The molecule has 0 N–H and O–H groups in total. The third kappa shape index (κ3) is 1.39. The topological polar surface area (TPSA) is 0 Å². The molecule has 0 aliphatic heterocycles. The lowest BCUT2D eigenvalue weighted by atomic mass is 9.79. The molecule has 12 heavy (non-hydrogen) atoms. The van der Waals surface area contributed by atoms with Crippen molar-refractivity contribution in [1.29, 1.82) is 0 Å². The monoisotopic (exact) mass is 182 g/mol. The Bertz CT molecular complexity index is 211. The summed E-state index contributed by atoms with van der Waals surface area (Å²) in [6, 6.07) is 0. The molecule has 0 spiro atoms. The van der Waals surface area contributed by atoms with Crippen molar-refractivity contribution in [2.24, 2.45) is 11.3 Å². The van der Waals surface area contributed by atoms with Crippen LogP contribution < -0.4 is 0 Å². The number of hydrogen-bond donors (Lipinski definition) is 0. The van der Waals surface area contributed by atoms with E-state index in [9.17, 15) is 0 Å². The minimum absolute atomic E-state index is 0.479. The van der Waals surface area contributed by atoms with Gasteiger partial charge in [-0.15, -0.1) is 0 Å². The largest absolute Gasteiger partial charge is 0.0848 e. The predicted octanol–water partition coefficient (Wildman–Crippen LogP) is 3.39. The van der Waals surface area contributed by atoms with E-state index >= 15 is 0 Å². The quantitative estimate of drug-likeness (QED) is 0.545. The maximum Gasteiger partial charge on any atom is 0.0595 e. The molecular weight excluding hydrogens is 160 g/mol. The minimum Gasteiger partial charge on any atom is -0.0848 e. The summed E-state index contributed by atoms with van der Waals surface area (Å²) in [5, 5.41) is 1.84. The van der Waals surface area contributed by atoms with Gasteiger partial charge in [-0.05, 0) is 24.7 Å². The van der Waals surface area contributed by atoms with Gasteiger partial charge in [0.1, 0.15) is 0 Å². The Morgan fingerprint density at radius 1 is 1.33 bits per heavy atom. The van der Waals surface area contributed by atoms with Gasteiger partial charge in [0.25, 0.3) is 0 Å². The maximum atomic E-state index is 2.45. The van der Waals surface area contributed by atoms with E-state index in [1.54, 1.807) is 5.57 Å². The van der Waals surface area contributed by atoms with E-state index in [1.807, 2.05) is 5.20 Å². The van der Waals surface area contributed by atoms with Crippen molar-refractivity contribution in [2.45, 2.75) is 47.2 Å². The molecule has 0 aromatic rings. The maximum absolute atomic E-state index is 2.45. The second-order valence-corrected chi connectivity index (χ2v) is 8.14. The lowest BCUT2D eigenvalue weighted by Gasteiger charge is -2.26. The molecule has 1 rings (SSSR count). The van der Waals surface area contributed by atoms with Gasteiger partial charge < -0.3 is 0 Å². The third-order valence-corrected chi connectivity index (χ3v) is 5.97. The van der Waals surface area contributed by atoms with E-state index in [2.05, 4.69) is 40.8 Å². The molecule has 0 amide bonds. The van der Waals surface area contributed by atoms with Crippen LogP contribution in [0.2, 0.25) is 13.1 Å². The highest BCUT2D eigenvalue weighted by Crippen LogP contribution is 2.46. The Balaban J connectivity index is 2.98. The molecule has 1 aliphatic carbocycles. The minimum atomic E-state index is -0.522. The van der Waals surface area contributed by atoms with Gasteiger partial charge in [-0.3, -0.25) is 0 Å². The predicted molar refractivity (Wildman–Crippen MR) is 59.1 cm³/mol. The molecule has 0 aromatic heterocycles. The molecule has 0 aromatic carbocycles. The van der Waals surface area contributed by atoms with E-state index in [0.29, 0.717) is 5.41 Å². The van der Waals surface area contributed by atoms with E-state index < -0.39 is 8.80 Å². The molecule has 0 bridgehead atoms. The highest BCUT2D eigenvalue weighted by Gasteiger charge is 2.36. The SMILES string of the molecule is CC1=C([SiH](C)C)CC(C)C1(C)C. The zero-order valence-electron chi connectivity index (χ0n) is 9.36. The molecule has 70 valence electrons. The van der Waals surface area contributed by atoms with Gasteiger partial charge >= 0.3 is 0 Å². The first kappa shape index (κ1) is 10.0. The summed E-state index contributed by atoms with van der Waals surface area (Å²) in [6.07, 6.45) is 1.38. The summed E-state index contributed by atoms with van der Waals surface area (Å²) >= 11 is 0. The Labute approximate surface area is 78.7 Å². The molecule has 1 aliphatic rings. The van der Waals surface area contributed by atoms with Crippen molar-refractivity contribution in [3.63, 3.8) is 0 Å². The molecule has 0 saturated carbocycles. The summed E-state index contributed by atoms with van der Waals surface area (Å²) in [6.45, 7) is 14.5. The molecule has 0 radical (unpaired) electrons. The van der Waals surface area contributed by atoms with Crippen LogP contribution in [0.4, 0.5) is 0 Å². The zero-order chi connectivity index (χ0) is 9.52. The van der Waals surface area contributed by atoms with Crippen LogP contribution in [-0.4, -0.2) is 8.80 Å². The molecule has 0 heterocycles. The number of hydrogen-bond acceptors (Lipinski definition) is 0. The molecule has 1 heteroatoms. The second-order valence-electron chi connectivity index (χ2n) is 5.13. The summed E-state index contributed by atoms with van der Waals surface area (Å²) in [7, 11) is -0.522. The summed E-state index contributed by atoms with van der Waals surface area (Å²) in [4.78, 5) is 0. The normalized spacial score (nSPS) is 28.8. The van der Waals surface area contributed by atoms with E-state index in [4.69, 9.17) is 0 Å². The van der Waals surface area contributed by atoms with Gasteiger partial charge in [-0.1, -0.05) is 44.6 Å². The fourth-order valence-electron chi connectivity index (χ4n) is 2.19. The second kappa shape index (κ2) is 3.02. The van der Waals surface area contributed by atoms with Crippen LogP contribution in [0.1, 0.15) is 34.1 Å². The summed E-state index contributed by atoms with van der Waals surface area (Å²) < 4.78 is 0. The van der Waals surface area contributed by atoms with Crippen LogP contribution in [0.15, 0.2) is 10.8 Å². The van der Waals surface area contributed by atoms with Gasteiger partial charge in [0, 0.05) is 0 Å². The van der Waals surface area contributed by atoms with Gasteiger partial charge in [0.15, 0.2) is 0 Å². The van der Waals surface area contributed by atoms with Crippen molar-refractivity contribution in [1.82, 2.24) is 0 Å². The van der Waals surface area contributed by atoms with Crippen LogP contribution in [0, 0.1) is 11.3 Å². The first-order chi connectivity index (χ1) is 5.37. The van der Waals surface area contributed by atoms with Crippen LogP contribution in [0.25, 0.3) is 0 Å². The van der Waals surface area contributed by atoms with E-state index in [1.165, 1.54) is 6.42 Å². The molecule has 0 fully saturated rings. The third-order valence-electron chi connectivity index (χ3n) is 3.90. The smallest absolute Gasteiger partial charge is 0.0595 e. The average Bonchev–Trinajstić information content (AvgIpc) is 2.13. The first-order valence-corrected chi connectivity index (χ1v) is 7.96. The Morgan fingerprint density at radius 3 is 2.00 bits per heavy atom. The standard InChI is InChI=1S/C11H22Si/c1-8-7-10(12(5)6)9(2)11(8,3)4/h8,12H,7H2,1-6H3. The molecular formula is C11H22Si. The molecule has 1 atom stereocenters. The molecule has 1 unspecified atom stereocenters. The van der Waals surface area contributed by atoms with Gasteiger partial charge in [-0.25, -0.2) is 0 Å². The van der Waals surface area contributed by atoms with Crippen LogP contribution >= 0.6 is 0 Å². The Kier molecular flexibility index (Phi) is 2.53. The van der Waals surface area contributed by atoms with Gasteiger partial charge in [-0.2, -0.15) is 0 Å². The van der Waals surface area contributed by atoms with Crippen molar-refractivity contribution in [3.05, 3.63) is 10.8 Å². The highest BCUT2D eigenvalue weighted by molar-refractivity contribution is 6.64. The fraction of sp³-hybridized carbons (Fsp3) is 0.818. The van der Waals surface area contributed by atoms with Crippen LogP contribution in [0.5, 0.6) is 0 Å². The summed E-state index contributed by atoms with van der Waals surface area (Å²) in [5.41, 5.74) is 2.18. The van der Waals surface area contributed by atoms with E-state index in [-0.39, 0.29) is 0 Å². The Hall–Kier alpha value is -0.0431. The molecule has 0 saturated heterocycles. The lowest BCUT2D eigenvalue weighted by molar-refractivity contribution is 0.317. The molecule has 0 nitrogen and oxygen atoms in total. The number of allylic oxidation sites excluding steroid dienone is 2. The van der Waals surface area contributed by atoms with Crippen molar-refractivity contribution in [3.8, 4) is 0 Å². The van der Waals surface area contributed by atoms with Crippen molar-refractivity contribution < 1.29 is 0 Å². The zero-order valence-corrected chi connectivity index (χ0v) is 10.5.